The molecule has 0 aliphatic carbocycles. The zero-order valence-corrected chi connectivity index (χ0v) is 12.4. The Labute approximate surface area is 126 Å². The number of aryl methyl sites for hydroxylation is 1. The Kier molecular flexibility index (Phi) is 3.95. The zero-order valence-electron chi connectivity index (χ0n) is 12.4. The normalized spacial score (nSPS) is 15.0. The molecule has 3 heterocycles. The summed E-state index contributed by atoms with van der Waals surface area (Å²) in [6.45, 7) is 4.85. The number of hydrogen-bond acceptors (Lipinski definition) is 5. The van der Waals surface area contributed by atoms with Crippen molar-refractivity contribution < 1.29 is 5.11 Å². The van der Waals surface area contributed by atoms with Gasteiger partial charge in [-0.2, -0.15) is 5.10 Å². The Bertz CT molecular complexity index is 757. The number of aliphatic hydroxyl groups excluding tert-OH is 1. The van der Waals surface area contributed by atoms with Crippen molar-refractivity contribution in [3.63, 3.8) is 0 Å². The number of H-pyrrole nitrogens is 1. The van der Waals surface area contributed by atoms with E-state index in [9.17, 15) is 9.59 Å². The van der Waals surface area contributed by atoms with Crippen LogP contribution in [0.3, 0.4) is 0 Å². The van der Waals surface area contributed by atoms with Crippen molar-refractivity contribution in [1.29, 1.82) is 0 Å². The molecule has 0 unspecified atom stereocenters. The van der Waals surface area contributed by atoms with Crippen LogP contribution >= 0.6 is 0 Å². The molecule has 0 saturated heterocycles. The lowest BCUT2D eigenvalue weighted by molar-refractivity contribution is 0.203. The molecular formula is C14H19N5O3. The molecule has 8 nitrogen and oxygen atoms in total. The third kappa shape index (κ3) is 2.88. The summed E-state index contributed by atoms with van der Waals surface area (Å²) in [7, 11) is 0. The van der Waals surface area contributed by atoms with Crippen molar-refractivity contribution in [2.75, 3.05) is 13.1 Å². The van der Waals surface area contributed by atoms with Crippen LogP contribution in [0.2, 0.25) is 0 Å². The number of aromatic amines is 1. The summed E-state index contributed by atoms with van der Waals surface area (Å²) in [5.41, 5.74) is 1.65. The maximum absolute atomic E-state index is 11.9. The summed E-state index contributed by atoms with van der Waals surface area (Å²) in [5.74, 6) is 0. The highest BCUT2D eigenvalue weighted by Gasteiger charge is 2.18. The van der Waals surface area contributed by atoms with Gasteiger partial charge in [-0.25, -0.2) is 4.79 Å². The van der Waals surface area contributed by atoms with Gasteiger partial charge >= 0.3 is 5.69 Å². The van der Waals surface area contributed by atoms with Crippen molar-refractivity contribution in [2.45, 2.75) is 33.2 Å². The number of fused-ring (bicyclic) bond motifs is 1. The molecule has 0 saturated carbocycles. The van der Waals surface area contributed by atoms with Crippen LogP contribution in [0.1, 0.15) is 17.1 Å². The van der Waals surface area contributed by atoms with Gasteiger partial charge in [0.05, 0.1) is 24.5 Å². The van der Waals surface area contributed by atoms with E-state index < -0.39 is 0 Å². The second-order valence-corrected chi connectivity index (χ2v) is 5.53. The Morgan fingerprint density at radius 2 is 2.09 bits per heavy atom. The minimum Gasteiger partial charge on any atom is -0.390 e. The molecule has 3 rings (SSSR count). The predicted molar refractivity (Wildman–Crippen MR) is 79.5 cm³/mol. The van der Waals surface area contributed by atoms with E-state index in [0.29, 0.717) is 31.0 Å². The first-order valence-electron chi connectivity index (χ1n) is 7.26. The molecule has 0 fully saturated rings. The molecule has 2 aromatic heterocycles. The largest absolute Gasteiger partial charge is 0.390 e. The summed E-state index contributed by atoms with van der Waals surface area (Å²) in [6, 6.07) is 3.32. The molecule has 2 N–H and O–H groups in total. The van der Waals surface area contributed by atoms with Crippen LogP contribution in [0.25, 0.3) is 0 Å². The van der Waals surface area contributed by atoms with Crippen LogP contribution in [-0.4, -0.2) is 42.4 Å². The van der Waals surface area contributed by atoms with Gasteiger partial charge in [-0.15, -0.1) is 0 Å². The number of nitrogens with zero attached hydrogens (tertiary/aromatic N) is 4. The number of nitrogens with one attached hydrogen (secondary N) is 1. The van der Waals surface area contributed by atoms with Gasteiger partial charge in [-0.3, -0.25) is 18.9 Å². The molecule has 0 bridgehead atoms. The fourth-order valence-corrected chi connectivity index (χ4v) is 2.74. The quantitative estimate of drug-likeness (QED) is 0.759. The highest BCUT2D eigenvalue weighted by Crippen LogP contribution is 2.13. The summed E-state index contributed by atoms with van der Waals surface area (Å²) < 4.78 is 3.12. The second kappa shape index (κ2) is 5.90. The first-order valence-corrected chi connectivity index (χ1v) is 7.26. The van der Waals surface area contributed by atoms with Gasteiger partial charge in [-0.05, 0) is 13.0 Å². The third-order valence-corrected chi connectivity index (χ3v) is 3.88. The van der Waals surface area contributed by atoms with Gasteiger partial charge in [0.25, 0.3) is 5.56 Å². The number of hydrogen-bond donors (Lipinski definition) is 2. The van der Waals surface area contributed by atoms with E-state index in [-0.39, 0.29) is 17.9 Å². The van der Waals surface area contributed by atoms with Gasteiger partial charge in [0, 0.05) is 37.9 Å². The molecule has 22 heavy (non-hydrogen) atoms. The molecule has 0 spiro atoms. The van der Waals surface area contributed by atoms with E-state index in [1.165, 1.54) is 10.6 Å². The fourth-order valence-electron chi connectivity index (χ4n) is 2.74. The molecular weight excluding hydrogens is 286 g/mol. The van der Waals surface area contributed by atoms with E-state index >= 15 is 0 Å². The maximum atomic E-state index is 11.9. The van der Waals surface area contributed by atoms with Crippen LogP contribution < -0.4 is 11.2 Å². The van der Waals surface area contributed by atoms with Crippen molar-refractivity contribution in [1.82, 2.24) is 24.2 Å². The second-order valence-electron chi connectivity index (χ2n) is 5.53. The lowest BCUT2D eigenvalue weighted by Gasteiger charge is -2.27. The summed E-state index contributed by atoms with van der Waals surface area (Å²) in [5, 5.41) is 13.4. The Morgan fingerprint density at radius 3 is 2.82 bits per heavy atom. The Hall–Kier alpha value is -2.19. The lowest BCUT2D eigenvalue weighted by atomic mass is 10.3. The van der Waals surface area contributed by atoms with E-state index in [1.807, 2.05) is 10.7 Å². The van der Waals surface area contributed by atoms with Crippen LogP contribution in [0, 0.1) is 6.92 Å². The molecule has 118 valence electrons. The minimum atomic E-state index is -0.366. The van der Waals surface area contributed by atoms with Crippen molar-refractivity contribution >= 4 is 0 Å². The predicted octanol–water partition coefficient (Wildman–Crippen LogP) is -0.950. The monoisotopic (exact) mass is 305 g/mol. The van der Waals surface area contributed by atoms with E-state index in [4.69, 9.17) is 5.11 Å². The maximum Gasteiger partial charge on any atom is 0.328 e. The van der Waals surface area contributed by atoms with Gasteiger partial charge < -0.3 is 10.1 Å². The fraction of sp³-hybridized carbons (Fsp3) is 0.500. The summed E-state index contributed by atoms with van der Waals surface area (Å²) in [6.07, 6.45) is 0. The van der Waals surface area contributed by atoms with E-state index in [0.717, 1.165) is 18.8 Å². The lowest BCUT2D eigenvalue weighted by Crippen LogP contribution is -2.41. The molecule has 0 aromatic carbocycles. The van der Waals surface area contributed by atoms with Crippen molar-refractivity contribution in [3.05, 3.63) is 50.1 Å². The Balaban J connectivity index is 1.68. The van der Waals surface area contributed by atoms with Gasteiger partial charge in [-0.1, -0.05) is 0 Å². The standard InChI is InChI=1S/C14H19N5O3/c1-10-6-13(21)18(14(22)15-10)4-2-17-3-5-19-12(8-17)7-11(9-20)16-19/h6-7,20H,2-5,8-9H2,1H3,(H,15,22). The topological polar surface area (TPSA) is 96.2 Å². The van der Waals surface area contributed by atoms with Crippen molar-refractivity contribution in [2.24, 2.45) is 0 Å². The average Bonchev–Trinajstić information content (AvgIpc) is 2.88. The average molecular weight is 305 g/mol. The first-order chi connectivity index (χ1) is 10.6. The minimum absolute atomic E-state index is 0.0614. The number of aliphatic hydroxyl groups is 1. The van der Waals surface area contributed by atoms with E-state index in [2.05, 4.69) is 15.0 Å². The molecule has 2 aromatic rings. The smallest absolute Gasteiger partial charge is 0.328 e. The Morgan fingerprint density at radius 1 is 1.27 bits per heavy atom. The summed E-state index contributed by atoms with van der Waals surface area (Å²) in [4.78, 5) is 28.5. The molecule has 8 heteroatoms. The van der Waals surface area contributed by atoms with Crippen LogP contribution in [-0.2, 0) is 26.2 Å². The van der Waals surface area contributed by atoms with Crippen LogP contribution in [0.5, 0.6) is 0 Å². The molecule has 0 atom stereocenters. The van der Waals surface area contributed by atoms with Crippen LogP contribution in [0.4, 0.5) is 0 Å². The molecule has 0 amide bonds. The van der Waals surface area contributed by atoms with Gasteiger partial charge in [0.1, 0.15) is 0 Å². The van der Waals surface area contributed by atoms with Crippen molar-refractivity contribution in [3.8, 4) is 0 Å². The molecule has 1 aliphatic rings. The van der Waals surface area contributed by atoms with E-state index in [1.54, 1.807) is 6.92 Å². The number of aromatic nitrogens is 4. The SMILES string of the molecule is Cc1cc(=O)n(CCN2CCn3nc(CO)cc3C2)c(=O)[nH]1. The summed E-state index contributed by atoms with van der Waals surface area (Å²) >= 11 is 0. The molecule has 0 radical (unpaired) electrons. The number of rotatable bonds is 4. The van der Waals surface area contributed by atoms with Gasteiger partial charge in [0.15, 0.2) is 0 Å². The zero-order chi connectivity index (χ0) is 15.7. The van der Waals surface area contributed by atoms with Gasteiger partial charge in [0.2, 0.25) is 0 Å². The highest BCUT2D eigenvalue weighted by molar-refractivity contribution is 5.11. The third-order valence-electron chi connectivity index (χ3n) is 3.88. The first kappa shape index (κ1) is 14.7. The van der Waals surface area contributed by atoms with Crippen LogP contribution in [0.15, 0.2) is 21.7 Å². The highest BCUT2D eigenvalue weighted by atomic mass is 16.3. The molecule has 1 aliphatic heterocycles.